The van der Waals surface area contributed by atoms with Gasteiger partial charge in [0.1, 0.15) is 22.1 Å². The lowest BCUT2D eigenvalue weighted by atomic mass is 10.2. The Kier molecular flexibility index (Phi) is 6.95. The Labute approximate surface area is 184 Å². The molecule has 0 saturated heterocycles. The molecular weight excluding hydrogens is 442 g/mol. The molecule has 170 valence electrons. The van der Waals surface area contributed by atoms with Crippen LogP contribution < -0.4 is 18.9 Å². The number of hydrogen-bond donors (Lipinski definition) is 1. The number of carbonyl (C=O) groups excluding carboxylic acids is 1. The Morgan fingerprint density at radius 1 is 1.03 bits per heavy atom. The lowest BCUT2D eigenvalue weighted by Gasteiger charge is -2.10. The molecule has 0 unspecified atom stereocenters. The first kappa shape index (κ1) is 23.0. The Balaban J connectivity index is 1.76. The number of methoxy groups -OCH3 is 3. The summed E-state index contributed by atoms with van der Waals surface area (Å²) in [4.78, 5) is 16.4. The lowest BCUT2D eigenvalue weighted by Crippen LogP contribution is -2.20. The summed E-state index contributed by atoms with van der Waals surface area (Å²) in [6.45, 7) is -0.315. The minimum atomic E-state index is -3.85. The van der Waals surface area contributed by atoms with E-state index in [9.17, 15) is 13.2 Å². The van der Waals surface area contributed by atoms with E-state index in [1.807, 2.05) is 0 Å². The third-order valence-corrected chi connectivity index (χ3v) is 5.84. The molecule has 0 saturated carbocycles. The molecule has 3 rings (SSSR count). The van der Waals surface area contributed by atoms with E-state index in [1.165, 1.54) is 40.5 Å². The zero-order valence-electron chi connectivity index (χ0n) is 17.7. The average Bonchev–Trinajstić information content (AvgIpc) is 3.30. The molecule has 11 nitrogen and oxygen atoms in total. The van der Waals surface area contributed by atoms with E-state index in [-0.39, 0.29) is 34.5 Å². The van der Waals surface area contributed by atoms with Crippen LogP contribution in [0.25, 0.3) is 11.4 Å². The van der Waals surface area contributed by atoms with Crippen molar-refractivity contribution in [3.8, 4) is 28.6 Å². The first-order chi connectivity index (χ1) is 15.3. The summed E-state index contributed by atoms with van der Waals surface area (Å²) in [7, 11) is 1.77. The van der Waals surface area contributed by atoms with Crippen molar-refractivity contribution in [3.05, 3.63) is 47.9 Å². The monoisotopic (exact) mass is 463 g/mol. The SMILES string of the molecule is CNS(=O)(=O)c1cc(C(=O)OCc2nc(-c3ccc(OC)cc3OC)no2)ccc1OC. The van der Waals surface area contributed by atoms with Crippen LogP contribution in [0.3, 0.4) is 0 Å². The lowest BCUT2D eigenvalue weighted by molar-refractivity contribution is 0.0429. The number of sulfonamides is 1. The van der Waals surface area contributed by atoms with Crippen LogP contribution in [0.1, 0.15) is 16.2 Å². The number of carbonyl (C=O) groups is 1. The predicted octanol–water partition coefficient (Wildman–Crippen LogP) is 2.03. The normalized spacial score (nSPS) is 11.1. The zero-order valence-corrected chi connectivity index (χ0v) is 18.6. The maximum atomic E-state index is 12.4. The van der Waals surface area contributed by atoms with Crippen LogP contribution in [0.4, 0.5) is 0 Å². The molecule has 0 atom stereocenters. The Hall–Kier alpha value is -3.64. The third-order valence-electron chi connectivity index (χ3n) is 4.40. The highest BCUT2D eigenvalue weighted by Crippen LogP contribution is 2.31. The zero-order chi connectivity index (χ0) is 23.3. The van der Waals surface area contributed by atoms with Crippen LogP contribution in [0.5, 0.6) is 17.2 Å². The van der Waals surface area contributed by atoms with Crippen molar-refractivity contribution < 1.29 is 36.7 Å². The van der Waals surface area contributed by atoms with Gasteiger partial charge in [-0.1, -0.05) is 5.16 Å². The van der Waals surface area contributed by atoms with Crippen molar-refractivity contribution >= 4 is 16.0 Å². The molecule has 0 radical (unpaired) electrons. The van der Waals surface area contributed by atoms with Gasteiger partial charge in [0.25, 0.3) is 5.89 Å². The van der Waals surface area contributed by atoms with E-state index >= 15 is 0 Å². The second-order valence-electron chi connectivity index (χ2n) is 6.23. The first-order valence-electron chi connectivity index (χ1n) is 9.16. The molecule has 0 bridgehead atoms. The summed E-state index contributed by atoms with van der Waals surface area (Å²) >= 11 is 0. The number of rotatable bonds is 9. The van der Waals surface area contributed by atoms with E-state index in [0.717, 1.165) is 6.07 Å². The quantitative estimate of drug-likeness (QED) is 0.469. The number of benzene rings is 2. The van der Waals surface area contributed by atoms with Gasteiger partial charge < -0.3 is 23.5 Å². The van der Waals surface area contributed by atoms with Crippen LogP contribution in [0.2, 0.25) is 0 Å². The minimum Gasteiger partial charge on any atom is -0.497 e. The van der Waals surface area contributed by atoms with Crippen LogP contribution in [-0.2, 0) is 21.4 Å². The largest absolute Gasteiger partial charge is 0.497 e. The van der Waals surface area contributed by atoms with Crippen molar-refractivity contribution in [2.24, 2.45) is 0 Å². The topological polar surface area (TPSA) is 139 Å². The summed E-state index contributed by atoms with van der Waals surface area (Å²) in [6, 6.07) is 9.01. The maximum absolute atomic E-state index is 12.4. The van der Waals surface area contributed by atoms with E-state index in [0.29, 0.717) is 17.1 Å². The minimum absolute atomic E-state index is 0.0104. The predicted molar refractivity (Wildman–Crippen MR) is 111 cm³/mol. The van der Waals surface area contributed by atoms with Crippen LogP contribution in [-0.4, -0.2) is 52.9 Å². The van der Waals surface area contributed by atoms with Gasteiger partial charge in [0.15, 0.2) is 6.61 Å². The Bertz CT molecular complexity index is 1220. The fraction of sp³-hybridized carbons (Fsp3) is 0.250. The van der Waals surface area contributed by atoms with Gasteiger partial charge in [-0.3, -0.25) is 0 Å². The number of hydrogen-bond acceptors (Lipinski definition) is 10. The van der Waals surface area contributed by atoms with Crippen molar-refractivity contribution in [2.45, 2.75) is 11.5 Å². The van der Waals surface area contributed by atoms with E-state index < -0.39 is 16.0 Å². The van der Waals surface area contributed by atoms with Crippen LogP contribution >= 0.6 is 0 Å². The summed E-state index contributed by atoms with van der Waals surface area (Å²) in [6.07, 6.45) is 0. The highest BCUT2D eigenvalue weighted by atomic mass is 32.2. The number of esters is 1. The molecule has 32 heavy (non-hydrogen) atoms. The fourth-order valence-corrected chi connectivity index (χ4v) is 3.66. The maximum Gasteiger partial charge on any atom is 0.338 e. The number of nitrogens with one attached hydrogen (secondary N) is 1. The number of nitrogens with zero attached hydrogens (tertiary/aromatic N) is 2. The Morgan fingerprint density at radius 2 is 1.78 bits per heavy atom. The summed E-state index contributed by atoms with van der Waals surface area (Å²) in [5, 5.41) is 3.88. The molecule has 0 amide bonds. The molecule has 2 aromatic carbocycles. The number of aromatic nitrogens is 2. The molecule has 0 aliphatic carbocycles. The van der Waals surface area contributed by atoms with Crippen molar-refractivity contribution in [3.63, 3.8) is 0 Å². The van der Waals surface area contributed by atoms with E-state index in [4.69, 9.17) is 23.5 Å². The van der Waals surface area contributed by atoms with Gasteiger partial charge >= 0.3 is 5.97 Å². The summed E-state index contributed by atoms with van der Waals surface area (Å²) < 4.78 is 52.4. The molecular formula is C20H21N3O8S. The second-order valence-corrected chi connectivity index (χ2v) is 8.08. The van der Waals surface area contributed by atoms with E-state index in [1.54, 1.807) is 18.2 Å². The highest BCUT2D eigenvalue weighted by Gasteiger charge is 2.21. The van der Waals surface area contributed by atoms with Crippen molar-refractivity contribution in [2.75, 3.05) is 28.4 Å². The second kappa shape index (κ2) is 9.66. The smallest absolute Gasteiger partial charge is 0.338 e. The molecule has 0 spiro atoms. The number of ether oxygens (including phenoxy) is 4. The molecule has 12 heteroatoms. The average molecular weight is 463 g/mol. The first-order valence-corrected chi connectivity index (χ1v) is 10.6. The summed E-state index contributed by atoms with van der Waals surface area (Å²) in [5.74, 6) is 0.672. The fourth-order valence-electron chi connectivity index (χ4n) is 2.74. The van der Waals surface area contributed by atoms with Crippen LogP contribution in [0.15, 0.2) is 45.8 Å². The molecule has 1 heterocycles. The highest BCUT2D eigenvalue weighted by molar-refractivity contribution is 7.89. The molecule has 0 aliphatic heterocycles. The Morgan fingerprint density at radius 3 is 2.44 bits per heavy atom. The van der Waals surface area contributed by atoms with Gasteiger partial charge in [-0.15, -0.1) is 0 Å². The van der Waals surface area contributed by atoms with Crippen molar-refractivity contribution in [1.82, 2.24) is 14.9 Å². The molecule has 0 fully saturated rings. The van der Waals surface area contributed by atoms with Gasteiger partial charge in [0, 0.05) is 6.07 Å². The summed E-state index contributed by atoms with van der Waals surface area (Å²) in [5.41, 5.74) is 0.572. The van der Waals surface area contributed by atoms with Gasteiger partial charge in [-0.25, -0.2) is 17.9 Å². The molecule has 1 aromatic heterocycles. The van der Waals surface area contributed by atoms with Gasteiger partial charge in [-0.2, -0.15) is 4.98 Å². The van der Waals surface area contributed by atoms with Gasteiger partial charge in [-0.05, 0) is 37.4 Å². The van der Waals surface area contributed by atoms with Gasteiger partial charge in [0.2, 0.25) is 15.8 Å². The van der Waals surface area contributed by atoms with Crippen LogP contribution in [0, 0.1) is 0 Å². The molecule has 1 N–H and O–H groups in total. The third kappa shape index (κ3) is 4.81. The van der Waals surface area contributed by atoms with E-state index in [2.05, 4.69) is 14.9 Å². The van der Waals surface area contributed by atoms with Crippen molar-refractivity contribution in [1.29, 1.82) is 0 Å². The standard InChI is InChI=1S/C20H21N3O8S/c1-21-32(25,26)17-9-12(5-8-15(17)28-3)20(24)30-11-18-22-19(23-31-18)14-7-6-13(27-2)10-16(14)29-4/h5-10,21H,11H2,1-4H3. The van der Waals surface area contributed by atoms with Gasteiger partial charge in [0.05, 0.1) is 32.5 Å². The molecule has 3 aromatic rings. The molecule has 0 aliphatic rings.